The van der Waals surface area contributed by atoms with Crippen LogP contribution in [0.5, 0.6) is 0 Å². The van der Waals surface area contributed by atoms with Crippen molar-refractivity contribution < 1.29 is 18.4 Å². The molecule has 2 aromatic carbocycles. The van der Waals surface area contributed by atoms with Gasteiger partial charge in [0.05, 0.1) is 12.8 Å². The Morgan fingerprint density at radius 3 is 2.21 bits per heavy atom. The molecule has 1 aromatic heterocycles. The zero-order chi connectivity index (χ0) is 24.7. The molecule has 0 radical (unpaired) electrons. The lowest BCUT2D eigenvalue weighted by molar-refractivity contribution is -0.133. The van der Waals surface area contributed by atoms with Crippen LogP contribution in [-0.4, -0.2) is 34.8 Å². The zero-order valence-electron chi connectivity index (χ0n) is 20.2. The van der Waals surface area contributed by atoms with Crippen molar-refractivity contribution in [1.29, 1.82) is 0 Å². The Kier molecular flexibility index (Phi) is 8.46. The lowest BCUT2D eigenvalue weighted by atomic mass is 10.1. The van der Waals surface area contributed by atoms with Gasteiger partial charge in [0.2, 0.25) is 5.91 Å². The largest absolute Gasteiger partial charge is 0.467 e. The van der Waals surface area contributed by atoms with Gasteiger partial charge in [-0.1, -0.05) is 44.2 Å². The minimum Gasteiger partial charge on any atom is -0.467 e. The van der Waals surface area contributed by atoms with Gasteiger partial charge in [0.15, 0.2) is 0 Å². The van der Waals surface area contributed by atoms with Crippen molar-refractivity contribution in [1.82, 2.24) is 9.80 Å². The second kappa shape index (κ2) is 11.5. The number of rotatable bonds is 9. The van der Waals surface area contributed by atoms with Gasteiger partial charge in [0.1, 0.15) is 18.1 Å². The van der Waals surface area contributed by atoms with Crippen LogP contribution in [0.15, 0.2) is 65.3 Å². The van der Waals surface area contributed by atoms with Gasteiger partial charge >= 0.3 is 6.03 Å². The second-order valence-corrected chi connectivity index (χ2v) is 8.93. The summed E-state index contributed by atoms with van der Waals surface area (Å²) in [5.41, 5.74) is 3.46. The number of urea groups is 1. The number of furan rings is 1. The Morgan fingerprint density at radius 1 is 0.941 bits per heavy atom. The van der Waals surface area contributed by atoms with Gasteiger partial charge in [-0.05, 0) is 60.7 Å². The summed E-state index contributed by atoms with van der Waals surface area (Å²) < 4.78 is 18.8. The molecular weight excluding hydrogens is 433 g/mol. The first kappa shape index (κ1) is 25.0. The van der Waals surface area contributed by atoms with E-state index in [-0.39, 0.29) is 43.3 Å². The number of benzene rings is 2. The van der Waals surface area contributed by atoms with Crippen LogP contribution in [0.1, 0.15) is 36.3 Å². The van der Waals surface area contributed by atoms with E-state index < -0.39 is 0 Å². The maximum atomic E-state index is 13.4. The predicted octanol–water partition coefficient (Wildman–Crippen LogP) is 5.75. The Bertz CT molecular complexity index is 1070. The maximum absolute atomic E-state index is 13.4. The molecule has 1 N–H and O–H groups in total. The van der Waals surface area contributed by atoms with E-state index in [1.807, 2.05) is 45.9 Å². The summed E-state index contributed by atoms with van der Waals surface area (Å²) in [5.74, 6) is 0.245. The van der Waals surface area contributed by atoms with Gasteiger partial charge in [-0.15, -0.1) is 0 Å². The number of aryl methyl sites for hydroxylation is 2. The Labute approximate surface area is 200 Å². The average molecular weight is 466 g/mol. The molecule has 6 nitrogen and oxygen atoms in total. The van der Waals surface area contributed by atoms with E-state index in [1.165, 1.54) is 12.1 Å². The van der Waals surface area contributed by atoms with Crippen LogP contribution in [0, 0.1) is 25.6 Å². The minimum absolute atomic E-state index is 0.0865. The van der Waals surface area contributed by atoms with Crippen molar-refractivity contribution in [3.05, 3.63) is 89.1 Å². The second-order valence-electron chi connectivity index (χ2n) is 8.93. The standard InChI is InChI=1S/C27H32FN3O3/c1-19(2)15-31(27(33)29-26-20(3)7-5-8-21(26)4)18-25(32)30(17-24-9-6-14-34-24)16-22-10-12-23(28)13-11-22/h5-14,19H,15-18H2,1-4H3,(H,29,33). The third-order valence-electron chi connectivity index (χ3n) is 5.48. The van der Waals surface area contributed by atoms with Crippen LogP contribution in [0.25, 0.3) is 0 Å². The minimum atomic E-state index is -0.334. The fourth-order valence-electron chi connectivity index (χ4n) is 3.75. The molecule has 0 aliphatic carbocycles. The first-order valence-corrected chi connectivity index (χ1v) is 11.4. The van der Waals surface area contributed by atoms with Crippen LogP contribution < -0.4 is 5.32 Å². The molecule has 0 unspecified atom stereocenters. The molecule has 0 atom stereocenters. The monoisotopic (exact) mass is 465 g/mol. The molecule has 180 valence electrons. The van der Waals surface area contributed by atoms with E-state index in [4.69, 9.17) is 4.42 Å². The molecule has 1 heterocycles. The van der Waals surface area contributed by atoms with Crippen LogP contribution in [0.3, 0.4) is 0 Å². The van der Waals surface area contributed by atoms with Gasteiger partial charge in [-0.2, -0.15) is 0 Å². The molecule has 3 amide bonds. The first-order chi connectivity index (χ1) is 16.2. The molecule has 3 rings (SSSR count). The highest BCUT2D eigenvalue weighted by Gasteiger charge is 2.24. The van der Waals surface area contributed by atoms with Gasteiger partial charge in [-0.25, -0.2) is 9.18 Å². The van der Waals surface area contributed by atoms with E-state index in [0.29, 0.717) is 12.3 Å². The number of halogens is 1. The van der Waals surface area contributed by atoms with Crippen LogP contribution in [0.4, 0.5) is 14.9 Å². The normalized spacial score (nSPS) is 10.9. The van der Waals surface area contributed by atoms with Crippen molar-refractivity contribution >= 4 is 17.6 Å². The van der Waals surface area contributed by atoms with Crippen molar-refractivity contribution in [2.45, 2.75) is 40.8 Å². The maximum Gasteiger partial charge on any atom is 0.322 e. The SMILES string of the molecule is Cc1cccc(C)c1NC(=O)N(CC(=O)N(Cc1ccc(F)cc1)Cc1ccco1)CC(C)C. The number of hydrogen-bond donors (Lipinski definition) is 1. The fourth-order valence-corrected chi connectivity index (χ4v) is 3.75. The number of amides is 3. The van der Waals surface area contributed by atoms with E-state index in [9.17, 15) is 14.0 Å². The predicted molar refractivity (Wildman–Crippen MR) is 131 cm³/mol. The van der Waals surface area contributed by atoms with Gasteiger partial charge < -0.3 is 19.5 Å². The molecule has 0 fully saturated rings. The molecule has 0 aliphatic heterocycles. The Balaban J connectivity index is 1.79. The summed E-state index contributed by atoms with van der Waals surface area (Å²) in [6.07, 6.45) is 1.55. The summed E-state index contributed by atoms with van der Waals surface area (Å²) in [4.78, 5) is 29.8. The number of hydrogen-bond acceptors (Lipinski definition) is 3. The number of nitrogens with one attached hydrogen (secondary N) is 1. The Morgan fingerprint density at radius 2 is 1.62 bits per heavy atom. The third kappa shape index (κ3) is 6.94. The number of carbonyl (C=O) groups excluding carboxylic acids is 2. The average Bonchev–Trinajstić information content (AvgIpc) is 3.29. The molecule has 0 saturated carbocycles. The Hall–Kier alpha value is -3.61. The lowest BCUT2D eigenvalue weighted by Gasteiger charge is -2.29. The molecule has 0 bridgehead atoms. The molecule has 3 aromatic rings. The molecule has 0 spiro atoms. The zero-order valence-corrected chi connectivity index (χ0v) is 20.2. The third-order valence-corrected chi connectivity index (χ3v) is 5.48. The lowest BCUT2D eigenvalue weighted by Crippen LogP contribution is -2.45. The highest BCUT2D eigenvalue weighted by molar-refractivity contribution is 5.93. The van der Waals surface area contributed by atoms with E-state index in [0.717, 1.165) is 22.4 Å². The van der Waals surface area contributed by atoms with Gasteiger partial charge in [0, 0.05) is 18.8 Å². The smallest absolute Gasteiger partial charge is 0.322 e. The molecule has 0 aliphatic rings. The fraction of sp³-hybridized carbons (Fsp3) is 0.333. The van der Waals surface area contributed by atoms with Crippen molar-refractivity contribution in [2.24, 2.45) is 5.92 Å². The summed E-state index contributed by atoms with van der Waals surface area (Å²) >= 11 is 0. The van der Waals surface area contributed by atoms with E-state index >= 15 is 0 Å². The van der Waals surface area contributed by atoms with Gasteiger partial charge in [0.25, 0.3) is 0 Å². The molecule has 34 heavy (non-hydrogen) atoms. The topological polar surface area (TPSA) is 65.8 Å². The summed E-state index contributed by atoms with van der Waals surface area (Å²) in [6, 6.07) is 15.1. The first-order valence-electron chi connectivity index (χ1n) is 11.4. The van der Waals surface area contributed by atoms with Crippen molar-refractivity contribution in [3.63, 3.8) is 0 Å². The molecular formula is C27H32FN3O3. The highest BCUT2D eigenvalue weighted by atomic mass is 19.1. The van der Waals surface area contributed by atoms with Crippen LogP contribution >= 0.6 is 0 Å². The van der Waals surface area contributed by atoms with E-state index in [1.54, 1.807) is 40.3 Å². The van der Waals surface area contributed by atoms with Crippen molar-refractivity contribution in [3.8, 4) is 0 Å². The van der Waals surface area contributed by atoms with Crippen LogP contribution in [-0.2, 0) is 17.9 Å². The molecule has 7 heteroatoms. The summed E-state index contributed by atoms with van der Waals surface area (Å²) in [7, 11) is 0. The summed E-state index contributed by atoms with van der Waals surface area (Å²) in [5, 5.41) is 2.99. The van der Waals surface area contributed by atoms with Crippen LogP contribution in [0.2, 0.25) is 0 Å². The quantitative estimate of drug-likeness (QED) is 0.437. The molecule has 0 saturated heterocycles. The van der Waals surface area contributed by atoms with Crippen molar-refractivity contribution in [2.75, 3.05) is 18.4 Å². The highest BCUT2D eigenvalue weighted by Crippen LogP contribution is 2.20. The number of para-hydroxylation sites is 1. The number of carbonyl (C=O) groups is 2. The summed E-state index contributed by atoms with van der Waals surface area (Å²) in [6.45, 7) is 8.74. The number of anilines is 1. The van der Waals surface area contributed by atoms with E-state index in [2.05, 4.69) is 5.32 Å². The number of nitrogens with zero attached hydrogens (tertiary/aromatic N) is 2. The van der Waals surface area contributed by atoms with Gasteiger partial charge in [-0.3, -0.25) is 4.79 Å².